The summed E-state index contributed by atoms with van der Waals surface area (Å²) in [6.07, 6.45) is -0.0985. The molecule has 0 aliphatic rings. The van der Waals surface area contributed by atoms with Gasteiger partial charge in [0.2, 0.25) is 11.8 Å². The van der Waals surface area contributed by atoms with Crippen molar-refractivity contribution < 1.29 is 23.9 Å². The lowest BCUT2D eigenvalue weighted by Gasteiger charge is -2.12. The van der Waals surface area contributed by atoms with Gasteiger partial charge >= 0.3 is 0 Å². The average Bonchev–Trinajstić information content (AvgIpc) is 2.78. The van der Waals surface area contributed by atoms with Crippen molar-refractivity contribution in [2.45, 2.75) is 26.7 Å². The predicted molar refractivity (Wildman–Crippen MR) is 132 cm³/mol. The van der Waals surface area contributed by atoms with E-state index in [0.29, 0.717) is 23.8 Å². The smallest absolute Gasteiger partial charge is 0.264 e. The summed E-state index contributed by atoms with van der Waals surface area (Å²) in [4.78, 5) is 35.8. The molecule has 0 heterocycles. The van der Waals surface area contributed by atoms with E-state index >= 15 is 0 Å². The molecule has 9 nitrogen and oxygen atoms in total. The number of amides is 3. The van der Waals surface area contributed by atoms with Gasteiger partial charge in [-0.1, -0.05) is 15.9 Å². The minimum atomic E-state index is -0.489. The summed E-state index contributed by atoms with van der Waals surface area (Å²) in [5.74, 6) is -0.0156. The van der Waals surface area contributed by atoms with E-state index in [0.717, 1.165) is 10.0 Å². The molecule has 0 saturated carbocycles. The third kappa shape index (κ3) is 9.87. The zero-order valence-electron chi connectivity index (χ0n) is 18.2. The van der Waals surface area contributed by atoms with Crippen LogP contribution < -0.4 is 31.0 Å². The topological polar surface area (TPSA) is 118 Å². The molecule has 0 bridgehead atoms. The van der Waals surface area contributed by atoms with Gasteiger partial charge in [0.1, 0.15) is 11.5 Å². The van der Waals surface area contributed by atoms with E-state index in [2.05, 4.69) is 37.4 Å². The molecule has 3 amide bonds. The Labute approximate surface area is 205 Å². The molecule has 0 atom stereocenters. The van der Waals surface area contributed by atoms with Crippen LogP contribution in [-0.4, -0.2) is 36.0 Å². The maximum Gasteiger partial charge on any atom is 0.264 e. The summed E-state index contributed by atoms with van der Waals surface area (Å²) in [5, 5.41) is 4.99. The molecule has 0 unspecified atom stereocenters. The molecule has 0 saturated heterocycles. The van der Waals surface area contributed by atoms with E-state index in [1.165, 1.54) is 0 Å². The number of anilines is 1. The van der Waals surface area contributed by atoms with Crippen molar-refractivity contribution in [1.82, 2.24) is 16.2 Å². The summed E-state index contributed by atoms with van der Waals surface area (Å²) < 4.78 is 11.7. The van der Waals surface area contributed by atoms with Gasteiger partial charge in [-0.3, -0.25) is 30.6 Å². The first-order valence-electron chi connectivity index (χ1n) is 10.1. The standard InChI is InChI=1S/C22H25BrN4O5S/c1-3-31-16-6-4-15(5-7-16)24-19(28)10-11-20(29)26-27-22(33)25-21(30)13-32-17-8-9-18(23)14(2)12-17/h4-9,12H,3,10-11,13H2,1-2H3,(H,24,28)(H,26,29)(H2,25,27,30,33). The number of ether oxygens (including phenoxy) is 2. The normalized spacial score (nSPS) is 10.0. The fourth-order valence-electron chi connectivity index (χ4n) is 2.49. The number of thiocarbonyl (C=S) groups is 1. The molecule has 2 aromatic rings. The molecule has 2 rings (SSSR count). The van der Waals surface area contributed by atoms with Gasteiger partial charge in [-0.15, -0.1) is 0 Å². The second-order valence-electron chi connectivity index (χ2n) is 6.76. The van der Waals surface area contributed by atoms with Crippen molar-refractivity contribution in [1.29, 1.82) is 0 Å². The van der Waals surface area contributed by atoms with Crippen LogP contribution in [0, 0.1) is 6.92 Å². The number of carbonyl (C=O) groups is 3. The van der Waals surface area contributed by atoms with Crippen molar-refractivity contribution >= 4 is 56.7 Å². The SMILES string of the molecule is CCOc1ccc(NC(=O)CCC(=O)NNC(=S)NC(=O)COc2ccc(Br)c(C)c2)cc1. The minimum absolute atomic E-state index is 0.0275. The Kier molecular flexibility index (Phi) is 10.6. The fourth-order valence-corrected chi connectivity index (χ4v) is 2.90. The Hall–Kier alpha value is -3.18. The first-order valence-corrected chi connectivity index (χ1v) is 11.3. The average molecular weight is 537 g/mol. The highest BCUT2D eigenvalue weighted by Gasteiger charge is 2.10. The largest absolute Gasteiger partial charge is 0.494 e. The first kappa shape index (κ1) is 26.1. The van der Waals surface area contributed by atoms with Gasteiger partial charge in [-0.25, -0.2) is 0 Å². The second kappa shape index (κ2) is 13.4. The van der Waals surface area contributed by atoms with Crippen molar-refractivity contribution in [2.24, 2.45) is 0 Å². The third-order valence-corrected chi connectivity index (χ3v) is 5.19. The van der Waals surface area contributed by atoms with Crippen LogP contribution in [0.5, 0.6) is 11.5 Å². The zero-order valence-corrected chi connectivity index (χ0v) is 20.6. The first-order chi connectivity index (χ1) is 15.8. The quantitative estimate of drug-likeness (QED) is 0.287. The number of hydrogen-bond acceptors (Lipinski definition) is 6. The minimum Gasteiger partial charge on any atom is -0.494 e. The Morgan fingerprint density at radius 2 is 1.58 bits per heavy atom. The summed E-state index contributed by atoms with van der Waals surface area (Å²) in [6.45, 7) is 4.10. The van der Waals surface area contributed by atoms with Crippen molar-refractivity contribution in [3.05, 3.63) is 52.5 Å². The second-order valence-corrected chi connectivity index (χ2v) is 8.02. The van der Waals surface area contributed by atoms with E-state index in [9.17, 15) is 14.4 Å². The maximum atomic E-state index is 12.0. The maximum absolute atomic E-state index is 12.0. The number of carbonyl (C=O) groups excluding carboxylic acids is 3. The molecule has 0 aromatic heterocycles. The number of nitrogens with one attached hydrogen (secondary N) is 4. The van der Waals surface area contributed by atoms with Crippen molar-refractivity contribution in [2.75, 3.05) is 18.5 Å². The number of hydrazine groups is 1. The van der Waals surface area contributed by atoms with E-state index < -0.39 is 11.8 Å². The summed E-state index contributed by atoms with van der Waals surface area (Å²) >= 11 is 8.35. The number of halogens is 1. The van der Waals surface area contributed by atoms with E-state index in [1.807, 2.05) is 19.9 Å². The zero-order chi connectivity index (χ0) is 24.2. The molecule has 4 N–H and O–H groups in total. The lowest BCUT2D eigenvalue weighted by molar-refractivity contribution is -0.125. The Morgan fingerprint density at radius 3 is 2.24 bits per heavy atom. The summed E-state index contributed by atoms with van der Waals surface area (Å²) in [5.41, 5.74) is 6.32. The van der Waals surface area contributed by atoms with Gasteiger partial charge in [-0.05, 0) is 74.1 Å². The highest BCUT2D eigenvalue weighted by Crippen LogP contribution is 2.21. The lowest BCUT2D eigenvalue weighted by atomic mass is 10.2. The molecule has 0 fully saturated rings. The molecule has 0 aliphatic carbocycles. The predicted octanol–water partition coefficient (Wildman–Crippen LogP) is 2.98. The van der Waals surface area contributed by atoms with Gasteiger partial charge < -0.3 is 14.8 Å². The monoisotopic (exact) mass is 536 g/mol. The van der Waals surface area contributed by atoms with E-state index in [4.69, 9.17) is 21.7 Å². The molecule has 176 valence electrons. The summed E-state index contributed by atoms with van der Waals surface area (Å²) in [7, 11) is 0. The van der Waals surface area contributed by atoms with Crippen molar-refractivity contribution in [3.8, 4) is 11.5 Å². The third-order valence-electron chi connectivity index (χ3n) is 4.10. The van der Waals surface area contributed by atoms with Crippen LogP contribution in [0.2, 0.25) is 0 Å². The van der Waals surface area contributed by atoms with Gasteiger partial charge in [-0.2, -0.15) is 0 Å². The Balaban J connectivity index is 1.62. The van der Waals surface area contributed by atoms with Crippen molar-refractivity contribution in [3.63, 3.8) is 0 Å². The molecule has 33 heavy (non-hydrogen) atoms. The number of hydrogen-bond donors (Lipinski definition) is 4. The number of benzene rings is 2. The van der Waals surface area contributed by atoms with Crippen LogP contribution in [0.25, 0.3) is 0 Å². The summed E-state index contributed by atoms with van der Waals surface area (Å²) in [6, 6.07) is 12.3. The Morgan fingerprint density at radius 1 is 0.909 bits per heavy atom. The molecule has 2 aromatic carbocycles. The highest BCUT2D eigenvalue weighted by molar-refractivity contribution is 9.10. The Bertz CT molecular complexity index is 1000. The van der Waals surface area contributed by atoms with Crippen LogP contribution in [0.4, 0.5) is 5.69 Å². The number of rotatable bonds is 9. The highest BCUT2D eigenvalue weighted by atomic mass is 79.9. The van der Waals surface area contributed by atoms with Gasteiger partial charge in [0.25, 0.3) is 5.91 Å². The van der Waals surface area contributed by atoms with Gasteiger partial charge in [0.05, 0.1) is 6.61 Å². The van der Waals surface area contributed by atoms with Gasteiger partial charge in [0.15, 0.2) is 11.7 Å². The van der Waals surface area contributed by atoms with Gasteiger partial charge in [0, 0.05) is 23.0 Å². The van der Waals surface area contributed by atoms with Crippen LogP contribution in [0.1, 0.15) is 25.3 Å². The molecule has 0 aliphatic heterocycles. The molecule has 0 spiro atoms. The fraction of sp³-hybridized carbons (Fsp3) is 0.273. The lowest BCUT2D eigenvalue weighted by Crippen LogP contribution is -2.49. The molecule has 11 heteroatoms. The van der Waals surface area contributed by atoms with E-state index in [-0.39, 0.29) is 30.5 Å². The van der Waals surface area contributed by atoms with Crippen LogP contribution in [0.3, 0.4) is 0 Å². The number of aryl methyl sites for hydroxylation is 1. The molecular weight excluding hydrogens is 512 g/mol. The van der Waals surface area contributed by atoms with Crippen LogP contribution in [-0.2, 0) is 14.4 Å². The molecule has 0 radical (unpaired) electrons. The van der Waals surface area contributed by atoms with Crippen LogP contribution >= 0.6 is 28.1 Å². The van der Waals surface area contributed by atoms with Crippen LogP contribution in [0.15, 0.2) is 46.9 Å². The van der Waals surface area contributed by atoms with E-state index in [1.54, 1.807) is 36.4 Å². The molecular formula is C22H25BrN4O5S.